The highest BCUT2D eigenvalue weighted by Gasteiger charge is 2.29. The van der Waals surface area contributed by atoms with Crippen LogP contribution in [0.5, 0.6) is 17.4 Å². The summed E-state index contributed by atoms with van der Waals surface area (Å²) in [4.78, 5) is 26.5. The zero-order chi connectivity index (χ0) is 27.5. The summed E-state index contributed by atoms with van der Waals surface area (Å²) in [5, 5.41) is 29.5. The first kappa shape index (κ1) is 28.5. The Morgan fingerprint density at radius 3 is 2.41 bits per heavy atom. The van der Waals surface area contributed by atoms with Crippen molar-refractivity contribution < 1.29 is 41.7 Å². The summed E-state index contributed by atoms with van der Waals surface area (Å²) >= 11 is 12.3. The number of rotatable bonds is 9. The first-order valence-corrected chi connectivity index (χ1v) is 12.5. The number of hydrogen-bond donors (Lipinski definition) is 6. The average Bonchev–Trinajstić information content (AvgIpc) is 2.78. The fraction of sp³-hybridized carbons (Fsp3) is 0.300. The number of pyridine rings is 1. The Morgan fingerprint density at radius 2 is 1.84 bits per heavy atom. The molecule has 3 rings (SSSR count). The minimum Gasteiger partial charge on any atom is -0.505 e. The summed E-state index contributed by atoms with van der Waals surface area (Å²) in [6, 6.07) is 1.94. The van der Waals surface area contributed by atoms with E-state index in [4.69, 9.17) is 33.3 Å². The molecule has 2 aromatic rings. The minimum absolute atomic E-state index is 0.0362. The number of aromatic hydroxyl groups is 1. The fourth-order valence-corrected chi connectivity index (χ4v) is 4.88. The van der Waals surface area contributed by atoms with E-state index in [0.717, 1.165) is 24.4 Å². The molecule has 1 aliphatic carbocycles. The van der Waals surface area contributed by atoms with Crippen LogP contribution in [0.15, 0.2) is 29.3 Å². The summed E-state index contributed by atoms with van der Waals surface area (Å²) in [5.41, 5.74) is -1.68. The van der Waals surface area contributed by atoms with Crippen molar-refractivity contribution in [2.75, 3.05) is 11.9 Å². The molecule has 17 heteroatoms. The van der Waals surface area contributed by atoms with Gasteiger partial charge in [-0.2, -0.15) is 0 Å². The summed E-state index contributed by atoms with van der Waals surface area (Å²) in [6.07, 6.45) is -2.08. The molecular weight excluding hydrogens is 563 g/mol. The molecule has 6 N–H and O–H groups in total. The van der Waals surface area contributed by atoms with E-state index >= 15 is 0 Å². The second kappa shape index (κ2) is 11.5. The molecule has 1 aromatic heterocycles. The molecule has 1 heterocycles. The molecule has 37 heavy (non-hydrogen) atoms. The molecule has 1 fully saturated rings. The summed E-state index contributed by atoms with van der Waals surface area (Å²) < 4.78 is 57.8. The van der Waals surface area contributed by atoms with Crippen LogP contribution in [-0.4, -0.2) is 60.3 Å². The normalized spacial score (nSPS) is 17.1. The van der Waals surface area contributed by atoms with Gasteiger partial charge in [-0.3, -0.25) is 15.5 Å². The van der Waals surface area contributed by atoms with Crippen molar-refractivity contribution in [2.45, 2.75) is 30.3 Å². The van der Waals surface area contributed by atoms with E-state index in [2.05, 4.69) is 15.0 Å². The molecule has 200 valence electrons. The number of benzene rings is 1. The number of aromatic nitrogens is 1. The number of aliphatic hydroxyl groups excluding tert-OH is 1. The largest absolute Gasteiger partial charge is 0.505 e. The van der Waals surface area contributed by atoms with E-state index in [9.17, 15) is 37.0 Å². The Kier molecular flexibility index (Phi) is 8.86. The zero-order valence-corrected chi connectivity index (χ0v) is 20.8. The van der Waals surface area contributed by atoms with E-state index in [1.54, 1.807) is 0 Å². The molecule has 3 amide bonds. The van der Waals surface area contributed by atoms with Gasteiger partial charge in [0, 0.05) is 18.3 Å². The highest BCUT2D eigenvalue weighted by atomic mass is 35.5. The highest BCUT2D eigenvalue weighted by Crippen LogP contribution is 2.39. The van der Waals surface area contributed by atoms with E-state index in [1.165, 1.54) is 5.32 Å². The van der Waals surface area contributed by atoms with Gasteiger partial charge in [0.2, 0.25) is 15.9 Å². The Balaban J connectivity index is 1.72. The lowest BCUT2D eigenvalue weighted by atomic mass is 9.83. The average molecular weight is 582 g/mol. The van der Waals surface area contributed by atoms with Crippen LogP contribution in [0.1, 0.15) is 12.8 Å². The van der Waals surface area contributed by atoms with Gasteiger partial charge in [0.25, 0.3) is 12.3 Å². The fourth-order valence-electron chi connectivity index (χ4n) is 3.12. The van der Waals surface area contributed by atoms with Crippen molar-refractivity contribution in [1.82, 2.24) is 15.0 Å². The summed E-state index contributed by atoms with van der Waals surface area (Å²) in [6.45, 7) is 0.0614. The summed E-state index contributed by atoms with van der Waals surface area (Å²) in [5.74, 6) is -2.80. The molecule has 0 spiro atoms. The van der Waals surface area contributed by atoms with Crippen LogP contribution in [0.25, 0.3) is 0 Å². The second-order valence-electron chi connectivity index (χ2n) is 7.83. The maximum absolute atomic E-state index is 12.6. The number of ether oxygens (including phenoxy) is 1. The van der Waals surface area contributed by atoms with E-state index < -0.39 is 50.8 Å². The number of amides is 3. The van der Waals surface area contributed by atoms with Crippen molar-refractivity contribution in [3.05, 3.63) is 34.4 Å². The number of imide groups is 1. The van der Waals surface area contributed by atoms with Crippen molar-refractivity contribution in [3.8, 4) is 17.4 Å². The van der Waals surface area contributed by atoms with Gasteiger partial charge in [-0.15, -0.1) is 0 Å². The highest BCUT2D eigenvalue weighted by molar-refractivity contribution is 7.89. The third kappa shape index (κ3) is 7.23. The Labute approximate surface area is 218 Å². The van der Waals surface area contributed by atoms with Crippen LogP contribution in [-0.2, 0) is 14.8 Å². The van der Waals surface area contributed by atoms with Crippen molar-refractivity contribution >= 4 is 56.6 Å². The maximum Gasteiger partial charge on any atom is 0.326 e. The molecule has 0 radical (unpaired) electrons. The Hall–Kier alpha value is -3.11. The number of nitrogens with zero attached hydrogens (tertiary/aromatic N) is 1. The van der Waals surface area contributed by atoms with Crippen LogP contribution in [0.4, 0.5) is 19.3 Å². The number of alkyl halides is 2. The molecule has 0 bridgehead atoms. The number of aliphatic hydroxyl groups is 1. The monoisotopic (exact) mass is 581 g/mol. The number of urea groups is 1. The molecule has 0 atom stereocenters. The molecule has 0 aliphatic heterocycles. The van der Waals surface area contributed by atoms with Gasteiger partial charge < -0.3 is 20.3 Å². The molecule has 1 aliphatic rings. The van der Waals surface area contributed by atoms with Gasteiger partial charge in [-0.25, -0.2) is 31.7 Å². The van der Waals surface area contributed by atoms with Crippen LogP contribution in [0.2, 0.25) is 10.0 Å². The number of sulfonamides is 1. The van der Waals surface area contributed by atoms with Crippen LogP contribution >= 0.6 is 23.2 Å². The zero-order valence-electron chi connectivity index (χ0n) is 18.5. The second-order valence-corrected chi connectivity index (χ2v) is 10.4. The summed E-state index contributed by atoms with van der Waals surface area (Å²) in [7, 11) is -4.17. The van der Waals surface area contributed by atoms with E-state index in [-0.39, 0.29) is 39.8 Å². The lowest BCUT2D eigenvalue weighted by Crippen LogP contribution is -2.40. The number of halogens is 4. The molecule has 0 saturated heterocycles. The number of hydrogen-bond acceptors (Lipinski definition) is 9. The van der Waals surface area contributed by atoms with Gasteiger partial charge in [0.15, 0.2) is 17.2 Å². The van der Waals surface area contributed by atoms with E-state index in [1.807, 2.05) is 0 Å². The molecule has 12 nitrogen and oxygen atoms in total. The topological polar surface area (TPSA) is 191 Å². The number of nitrogens with one attached hydrogen (secondary N) is 4. The van der Waals surface area contributed by atoms with Crippen LogP contribution < -0.4 is 20.1 Å². The quantitative estimate of drug-likeness (QED) is 0.243. The third-order valence-electron chi connectivity index (χ3n) is 5.04. The van der Waals surface area contributed by atoms with E-state index in [0.29, 0.717) is 12.8 Å². The predicted molar refractivity (Wildman–Crippen MR) is 127 cm³/mol. The Morgan fingerprint density at radius 1 is 1.22 bits per heavy atom. The lowest BCUT2D eigenvalue weighted by molar-refractivity contribution is -0.114. The van der Waals surface area contributed by atoms with Gasteiger partial charge in [-0.1, -0.05) is 23.2 Å². The number of anilines is 1. The standard InChI is InChI=1S/C20H19Cl2F2N5O7S/c21-11-3-9(28-20(33)29-19(32)16(25)18(23)24)4-12(22)17(11)36-15-5-14(13(31)7-26-15)37(34,35)27-6-8-1-10(30)2-8/h3-5,7-8,10,18,25,27,30-31H,1-2,6H2,(H2,28,29,32,33). The number of carbonyl (C=O) groups is 2. The van der Waals surface area contributed by atoms with Gasteiger partial charge >= 0.3 is 6.03 Å². The molecular formula is C20H19Cl2F2N5O7S. The van der Waals surface area contributed by atoms with Crippen LogP contribution in [0.3, 0.4) is 0 Å². The smallest absolute Gasteiger partial charge is 0.326 e. The third-order valence-corrected chi connectivity index (χ3v) is 7.05. The predicted octanol–water partition coefficient (Wildman–Crippen LogP) is 2.87. The Bertz CT molecular complexity index is 1320. The first-order valence-electron chi connectivity index (χ1n) is 10.3. The lowest BCUT2D eigenvalue weighted by Gasteiger charge is -2.31. The van der Waals surface area contributed by atoms with Crippen molar-refractivity contribution in [3.63, 3.8) is 0 Å². The molecule has 1 saturated carbocycles. The maximum atomic E-state index is 12.6. The number of carbonyl (C=O) groups excluding carboxylic acids is 2. The molecule has 0 unspecified atom stereocenters. The SMILES string of the molecule is N=C(C(=O)NC(=O)Nc1cc(Cl)c(Oc2cc(S(=O)(=O)NCC3CC(O)C3)c(O)cn2)c(Cl)c1)C(F)F. The van der Waals surface area contributed by atoms with Gasteiger partial charge in [0.05, 0.1) is 22.3 Å². The first-order chi connectivity index (χ1) is 17.3. The van der Waals surface area contributed by atoms with Crippen molar-refractivity contribution in [1.29, 1.82) is 5.41 Å². The van der Waals surface area contributed by atoms with Crippen molar-refractivity contribution in [2.24, 2.45) is 5.92 Å². The van der Waals surface area contributed by atoms with Crippen LogP contribution in [0, 0.1) is 11.3 Å². The van der Waals surface area contributed by atoms with Gasteiger partial charge in [0.1, 0.15) is 4.90 Å². The minimum atomic E-state index is -4.17. The molecule has 1 aromatic carbocycles. The van der Waals surface area contributed by atoms with Gasteiger partial charge in [-0.05, 0) is 30.9 Å².